The number of nitrogens with zero attached hydrogens (tertiary/aromatic N) is 1. The second-order valence-corrected chi connectivity index (χ2v) is 4.96. The van der Waals surface area contributed by atoms with Gasteiger partial charge in [-0.2, -0.15) is 13.2 Å². The molecule has 1 aromatic carbocycles. The topological polar surface area (TPSA) is 32.7 Å². The fourth-order valence-corrected chi connectivity index (χ4v) is 2.15. The van der Waals surface area contributed by atoms with E-state index in [2.05, 4.69) is 4.90 Å². The van der Waals surface area contributed by atoms with Crippen LogP contribution in [-0.4, -0.2) is 49.0 Å². The quantitative estimate of drug-likeness (QED) is 0.927. The zero-order chi connectivity index (χ0) is 15.3. The number of benzene rings is 1. The Morgan fingerprint density at radius 3 is 2.67 bits per heavy atom. The lowest BCUT2D eigenvalue weighted by atomic mass is 10.1. The van der Waals surface area contributed by atoms with Crippen LogP contribution in [0.1, 0.15) is 11.1 Å². The van der Waals surface area contributed by atoms with Crippen LogP contribution in [0.3, 0.4) is 0 Å². The molecule has 1 atom stereocenters. The monoisotopic (exact) mass is 301 g/mol. The van der Waals surface area contributed by atoms with Gasteiger partial charge < -0.3 is 9.84 Å². The summed E-state index contributed by atoms with van der Waals surface area (Å²) in [4.78, 5) is 2.06. The van der Waals surface area contributed by atoms with Gasteiger partial charge in [-0.15, -0.1) is 0 Å². The number of hydrogen-bond donors (Lipinski definition) is 1. The number of β-amino-alcohol motifs (C(OH)–C–C–N with tert-alkyl or cyclic N) is 1. The van der Waals surface area contributed by atoms with Crippen LogP contribution in [0.15, 0.2) is 30.3 Å². The van der Waals surface area contributed by atoms with Crippen LogP contribution in [0.2, 0.25) is 0 Å². The van der Waals surface area contributed by atoms with Gasteiger partial charge in [0.15, 0.2) is 0 Å². The smallest absolute Gasteiger partial charge is 0.388 e. The van der Waals surface area contributed by atoms with Crippen molar-refractivity contribution in [3.63, 3.8) is 0 Å². The summed E-state index contributed by atoms with van der Waals surface area (Å²) in [5.41, 5.74) is -0.266. The summed E-state index contributed by atoms with van der Waals surface area (Å²) < 4.78 is 43.0. The molecule has 0 saturated carbocycles. The van der Waals surface area contributed by atoms with E-state index in [0.717, 1.165) is 25.2 Å². The second-order valence-electron chi connectivity index (χ2n) is 4.96. The fraction of sp³-hybridized carbons (Fsp3) is 0.467. The first-order valence-electron chi connectivity index (χ1n) is 6.79. The molecule has 3 nitrogen and oxygen atoms in total. The van der Waals surface area contributed by atoms with Gasteiger partial charge >= 0.3 is 6.18 Å². The van der Waals surface area contributed by atoms with Gasteiger partial charge in [-0.25, -0.2) is 0 Å². The van der Waals surface area contributed by atoms with E-state index in [1.165, 1.54) is 18.2 Å². The van der Waals surface area contributed by atoms with E-state index in [1.807, 2.05) is 0 Å². The molecule has 0 radical (unpaired) electrons. The van der Waals surface area contributed by atoms with Crippen molar-refractivity contribution in [3.05, 3.63) is 41.5 Å². The molecule has 116 valence electrons. The summed E-state index contributed by atoms with van der Waals surface area (Å²) in [6.45, 7) is 3.26. The summed E-state index contributed by atoms with van der Waals surface area (Å²) in [5, 5.41) is 9.90. The first-order valence-corrected chi connectivity index (χ1v) is 6.79. The third-order valence-electron chi connectivity index (χ3n) is 3.27. The summed E-state index contributed by atoms with van der Waals surface area (Å²) in [6, 6.07) is 5.03. The molecule has 1 saturated heterocycles. The van der Waals surface area contributed by atoms with E-state index in [9.17, 15) is 18.3 Å². The van der Waals surface area contributed by atoms with Crippen molar-refractivity contribution >= 4 is 6.08 Å². The maximum Gasteiger partial charge on any atom is 0.416 e. The number of aliphatic hydroxyl groups is 1. The predicted molar refractivity (Wildman–Crippen MR) is 73.7 cm³/mol. The first-order chi connectivity index (χ1) is 9.95. The van der Waals surface area contributed by atoms with Crippen LogP contribution >= 0.6 is 0 Å². The lowest BCUT2D eigenvalue weighted by Crippen LogP contribution is -2.40. The molecule has 0 bridgehead atoms. The normalized spacial score (nSPS) is 19.0. The molecule has 0 aromatic heterocycles. The van der Waals surface area contributed by atoms with Gasteiger partial charge in [0.05, 0.1) is 24.9 Å². The number of alkyl halides is 3. The number of morpholine rings is 1. The van der Waals surface area contributed by atoms with Crippen molar-refractivity contribution in [1.82, 2.24) is 4.90 Å². The maximum atomic E-state index is 12.6. The SMILES string of the molecule is OC(/C=C\c1cccc(C(F)(F)F)c1)CN1CCOCC1. The Labute approximate surface area is 121 Å². The third-order valence-corrected chi connectivity index (χ3v) is 3.27. The summed E-state index contributed by atoms with van der Waals surface area (Å²) in [6.07, 6.45) is -2.03. The minimum atomic E-state index is -4.35. The van der Waals surface area contributed by atoms with Crippen LogP contribution < -0.4 is 0 Å². The van der Waals surface area contributed by atoms with Crippen molar-refractivity contribution < 1.29 is 23.0 Å². The van der Waals surface area contributed by atoms with E-state index < -0.39 is 17.8 Å². The number of hydrogen-bond acceptors (Lipinski definition) is 3. The first kappa shape index (κ1) is 16.0. The van der Waals surface area contributed by atoms with E-state index in [-0.39, 0.29) is 0 Å². The molecule has 1 unspecified atom stereocenters. The molecular formula is C15H18F3NO2. The van der Waals surface area contributed by atoms with Crippen LogP contribution in [0.4, 0.5) is 13.2 Å². The molecule has 1 aliphatic heterocycles. The van der Waals surface area contributed by atoms with Gasteiger partial charge in [0.25, 0.3) is 0 Å². The summed E-state index contributed by atoms with van der Waals surface area (Å²) in [5.74, 6) is 0. The van der Waals surface area contributed by atoms with Gasteiger partial charge in [0, 0.05) is 19.6 Å². The number of ether oxygens (including phenoxy) is 1. The summed E-state index contributed by atoms with van der Waals surface area (Å²) in [7, 11) is 0. The van der Waals surface area contributed by atoms with E-state index in [1.54, 1.807) is 6.07 Å². The Morgan fingerprint density at radius 2 is 2.00 bits per heavy atom. The Kier molecular flexibility index (Phi) is 5.39. The average Bonchev–Trinajstić information content (AvgIpc) is 2.46. The van der Waals surface area contributed by atoms with E-state index >= 15 is 0 Å². The Balaban J connectivity index is 1.93. The summed E-state index contributed by atoms with van der Waals surface area (Å²) >= 11 is 0. The molecule has 0 spiro atoms. The highest BCUT2D eigenvalue weighted by Crippen LogP contribution is 2.29. The minimum Gasteiger partial charge on any atom is -0.388 e. The fourth-order valence-electron chi connectivity index (χ4n) is 2.15. The molecule has 0 aliphatic carbocycles. The van der Waals surface area contributed by atoms with Crippen LogP contribution in [0.25, 0.3) is 6.08 Å². The zero-order valence-electron chi connectivity index (χ0n) is 11.5. The van der Waals surface area contributed by atoms with Crippen molar-refractivity contribution in [2.75, 3.05) is 32.8 Å². The average molecular weight is 301 g/mol. The Bertz CT molecular complexity index is 482. The Morgan fingerprint density at radius 1 is 1.29 bits per heavy atom. The number of rotatable bonds is 4. The Hall–Kier alpha value is -1.37. The minimum absolute atomic E-state index is 0.422. The van der Waals surface area contributed by atoms with Crippen molar-refractivity contribution in [2.24, 2.45) is 0 Å². The van der Waals surface area contributed by atoms with Crippen molar-refractivity contribution in [3.8, 4) is 0 Å². The standard InChI is InChI=1S/C15H18F3NO2/c16-15(17,18)13-3-1-2-12(10-13)4-5-14(20)11-19-6-8-21-9-7-19/h1-5,10,14,20H,6-9,11H2/b5-4-. The molecule has 1 heterocycles. The van der Waals surface area contributed by atoms with Gasteiger partial charge in [-0.05, 0) is 17.7 Å². The highest BCUT2D eigenvalue weighted by atomic mass is 19.4. The van der Waals surface area contributed by atoms with Gasteiger partial charge in [0.2, 0.25) is 0 Å². The van der Waals surface area contributed by atoms with Crippen molar-refractivity contribution in [2.45, 2.75) is 12.3 Å². The van der Waals surface area contributed by atoms with E-state index in [4.69, 9.17) is 4.74 Å². The van der Waals surface area contributed by atoms with Crippen LogP contribution in [-0.2, 0) is 10.9 Å². The van der Waals surface area contributed by atoms with Gasteiger partial charge in [-0.3, -0.25) is 4.90 Å². The molecular weight excluding hydrogens is 283 g/mol. The molecule has 0 amide bonds. The second kappa shape index (κ2) is 7.06. The van der Waals surface area contributed by atoms with E-state index in [0.29, 0.717) is 25.3 Å². The molecule has 1 N–H and O–H groups in total. The largest absolute Gasteiger partial charge is 0.416 e. The molecule has 1 aliphatic rings. The molecule has 1 aromatic rings. The lowest BCUT2D eigenvalue weighted by Gasteiger charge is -2.27. The zero-order valence-corrected chi connectivity index (χ0v) is 11.5. The molecule has 2 rings (SSSR count). The lowest BCUT2D eigenvalue weighted by molar-refractivity contribution is -0.137. The molecule has 1 fully saturated rings. The molecule has 21 heavy (non-hydrogen) atoms. The number of halogens is 3. The van der Waals surface area contributed by atoms with Crippen LogP contribution in [0, 0.1) is 0 Å². The van der Waals surface area contributed by atoms with Crippen molar-refractivity contribution in [1.29, 1.82) is 0 Å². The highest BCUT2D eigenvalue weighted by molar-refractivity contribution is 5.51. The van der Waals surface area contributed by atoms with Crippen LogP contribution in [0.5, 0.6) is 0 Å². The molecule has 6 heteroatoms. The van der Waals surface area contributed by atoms with Gasteiger partial charge in [0.1, 0.15) is 0 Å². The third kappa shape index (κ3) is 5.15. The van der Waals surface area contributed by atoms with Gasteiger partial charge in [-0.1, -0.05) is 24.3 Å². The highest BCUT2D eigenvalue weighted by Gasteiger charge is 2.30. The predicted octanol–water partition coefficient (Wildman–Crippen LogP) is 2.41. The number of aliphatic hydroxyl groups excluding tert-OH is 1. The maximum absolute atomic E-state index is 12.6.